The summed E-state index contributed by atoms with van der Waals surface area (Å²) in [6.45, 7) is 8.18. The molecule has 1 aromatic carbocycles. The predicted octanol–water partition coefficient (Wildman–Crippen LogP) is 3.66. The maximum Gasteiger partial charge on any atom is 0.161 e. The molecule has 0 spiro atoms. The van der Waals surface area contributed by atoms with E-state index in [1.54, 1.807) is 6.92 Å². The van der Waals surface area contributed by atoms with Gasteiger partial charge in [0, 0.05) is 29.3 Å². The van der Waals surface area contributed by atoms with Gasteiger partial charge >= 0.3 is 0 Å². The second kappa shape index (κ2) is 5.30. The molecule has 0 aromatic heterocycles. The molecule has 0 aliphatic heterocycles. The van der Waals surface area contributed by atoms with Crippen molar-refractivity contribution in [2.75, 3.05) is 18.5 Å². The molecule has 3 heteroatoms. The number of carbonyl (C=O) groups excluding carboxylic acids is 1. The molecule has 86 valence electrons. The maximum atomic E-state index is 11.5. The van der Waals surface area contributed by atoms with Crippen molar-refractivity contribution < 1.29 is 4.79 Å². The van der Waals surface area contributed by atoms with Crippen molar-refractivity contribution in [3.05, 3.63) is 40.4 Å². The van der Waals surface area contributed by atoms with Gasteiger partial charge in [-0.25, -0.2) is 0 Å². The summed E-state index contributed by atoms with van der Waals surface area (Å²) in [6, 6.07) is 5.69. The maximum absolute atomic E-state index is 11.5. The number of halogens is 1. The highest BCUT2D eigenvalue weighted by atomic mass is 79.9. The fourth-order valence-electron chi connectivity index (χ4n) is 1.61. The third kappa shape index (κ3) is 3.20. The van der Waals surface area contributed by atoms with Crippen LogP contribution in [0.15, 0.2) is 34.8 Å². The summed E-state index contributed by atoms with van der Waals surface area (Å²) in [5.41, 5.74) is 2.74. The lowest BCUT2D eigenvalue weighted by molar-refractivity contribution is 0.101. The zero-order chi connectivity index (χ0) is 12.3. The number of ketones is 1. The highest BCUT2D eigenvalue weighted by molar-refractivity contribution is 9.10. The van der Waals surface area contributed by atoms with Gasteiger partial charge in [-0.1, -0.05) is 28.1 Å². The minimum absolute atomic E-state index is 0.0797. The van der Waals surface area contributed by atoms with Crippen LogP contribution in [0.1, 0.15) is 24.2 Å². The van der Waals surface area contributed by atoms with Crippen molar-refractivity contribution in [3.8, 4) is 0 Å². The van der Waals surface area contributed by atoms with Crippen molar-refractivity contribution in [2.24, 2.45) is 0 Å². The fraction of sp³-hybridized carbons (Fsp3) is 0.308. The number of carbonyl (C=O) groups is 1. The second-order valence-corrected chi connectivity index (χ2v) is 4.95. The van der Waals surface area contributed by atoms with E-state index in [1.807, 2.05) is 37.1 Å². The highest BCUT2D eigenvalue weighted by Crippen LogP contribution is 2.25. The van der Waals surface area contributed by atoms with Crippen molar-refractivity contribution in [2.45, 2.75) is 13.8 Å². The van der Waals surface area contributed by atoms with E-state index in [2.05, 4.69) is 22.5 Å². The number of nitrogens with zero attached hydrogens (tertiary/aromatic N) is 1. The number of hydrogen-bond donors (Lipinski definition) is 0. The SMILES string of the molecule is C=C(C)CN(C)c1cc(Br)ccc1C(C)=O. The van der Waals surface area contributed by atoms with E-state index >= 15 is 0 Å². The Morgan fingerprint density at radius 3 is 2.56 bits per heavy atom. The molecule has 0 heterocycles. The van der Waals surface area contributed by atoms with E-state index in [9.17, 15) is 4.79 Å². The first-order chi connectivity index (χ1) is 7.41. The van der Waals surface area contributed by atoms with Crippen LogP contribution in [0.4, 0.5) is 5.69 Å². The van der Waals surface area contributed by atoms with Crippen LogP contribution in [0, 0.1) is 0 Å². The van der Waals surface area contributed by atoms with Gasteiger partial charge in [0.25, 0.3) is 0 Å². The molecule has 0 saturated heterocycles. The molecule has 0 fully saturated rings. The predicted molar refractivity (Wildman–Crippen MR) is 72.2 cm³/mol. The van der Waals surface area contributed by atoms with E-state index in [0.29, 0.717) is 0 Å². The van der Waals surface area contributed by atoms with Crippen LogP contribution < -0.4 is 4.90 Å². The van der Waals surface area contributed by atoms with Gasteiger partial charge in [-0.3, -0.25) is 4.79 Å². The Hall–Kier alpha value is -1.09. The van der Waals surface area contributed by atoms with E-state index in [1.165, 1.54) is 0 Å². The van der Waals surface area contributed by atoms with E-state index < -0.39 is 0 Å². The van der Waals surface area contributed by atoms with Crippen LogP contribution in [-0.4, -0.2) is 19.4 Å². The van der Waals surface area contributed by atoms with Gasteiger partial charge in [-0.2, -0.15) is 0 Å². The zero-order valence-corrected chi connectivity index (χ0v) is 11.5. The number of anilines is 1. The first-order valence-corrected chi connectivity index (χ1v) is 5.87. The number of Topliss-reactive ketones (excluding diaryl/α,β-unsaturated/α-hetero) is 1. The Morgan fingerprint density at radius 2 is 2.06 bits per heavy atom. The first kappa shape index (κ1) is 13.0. The first-order valence-electron chi connectivity index (χ1n) is 5.08. The van der Waals surface area contributed by atoms with Crippen molar-refractivity contribution in [1.29, 1.82) is 0 Å². The van der Waals surface area contributed by atoms with Crippen LogP contribution in [0.2, 0.25) is 0 Å². The van der Waals surface area contributed by atoms with Gasteiger partial charge in [0.1, 0.15) is 0 Å². The minimum Gasteiger partial charge on any atom is -0.370 e. The molecule has 0 aliphatic carbocycles. The molecule has 16 heavy (non-hydrogen) atoms. The summed E-state index contributed by atoms with van der Waals surface area (Å²) < 4.78 is 0.973. The molecular weight excluding hydrogens is 266 g/mol. The molecule has 0 aliphatic rings. The summed E-state index contributed by atoms with van der Waals surface area (Å²) >= 11 is 3.42. The molecule has 0 N–H and O–H groups in total. The smallest absolute Gasteiger partial charge is 0.161 e. The average molecular weight is 282 g/mol. The molecule has 0 saturated carbocycles. The standard InChI is InChI=1S/C13H16BrNO/c1-9(2)8-15(4)13-7-11(14)5-6-12(13)10(3)16/h5-7H,1,8H2,2-4H3. The van der Waals surface area contributed by atoms with Crippen molar-refractivity contribution in [1.82, 2.24) is 0 Å². The lowest BCUT2D eigenvalue weighted by Gasteiger charge is -2.22. The summed E-state index contributed by atoms with van der Waals surface area (Å²) in [5, 5.41) is 0. The summed E-state index contributed by atoms with van der Waals surface area (Å²) in [7, 11) is 1.96. The topological polar surface area (TPSA) is 20.3 Å². The van der Waals surface area contributed by atoms with Crippen LogP contribution in [0.25, 0.3) is 0 Å². The van der Waals surface area contributed by atoms with Gasteiger partial charge in [-0.15, -0.1) is 0 Å². The van der Waals surface area contributed by atoms with Crippen molar-refractivity contribution >= 4 is 27.4 Å². The molecular formula is C13H16BrNO. The summed E-state index contributed by atoms with van der Waals surface area (Å²) in [5.74, 6) is 0.0797. The highest BCUT2D eigenvalue weighted by Gasteiger charge is 2.11. The van der Waals surface area contributed by atoms with Crippen LogP contribution in [-0.2, 0) is 0 Å². The number of likely N-dealkylation sites (N-methyl/N-ethyl adjacent to an activating group) is 1. The Balaban J connectivity index is 3.13. The molecule has 0 unspecified atom stereocenters. The fourth-order valence-corrected chi connectivity index (χ4v) is 1.96. The lowest BCUT2D eigenvalue weighted by Crippen LogP contribution is -2.21. The molecule has 0 amide bonds. The third-order valence-corrected chi connectivity index (χ3v) is 2.75. The lowest BCUT2D eigenvalue weighted by atomic mass is 10.1. The number of benzene rings is 1. The quantitative estimate of drug-likeness (QED) is 0.620. The van der Waals surface area contributed by atoms with E-state index in [0.717, 1.165) is 27.8 Å². The monoisotopic (exact) mass is 281 g/mol. The molecule has 1 rings (SSSR count). The second-order valence-electron chi connectivity index (χ2n) is 4.03. The molecule has 1 aromatic rings. The Kier molecular flexibility index (Phi) is 4.30. The van der Waals surface area contributed by atoms with Crippen LogP contribution >= 0.6 is 15.9 Å². The molecule has 0 radical (unpaired) electrons. The Morgan fingerprint density at radius 1 is 1.44 bits per heavy atom. The van der Waals surface area contributed by atoms with Gasteiger partial charge in [-0.05, 0) is 32.0 Å². The largest absolute Gasteiger partial charge is 0.370 e. The third-order valence-electron chi connectivity index (χ3n) is 2.26. The Labute approximate surface area is 105 Å². The van der Waals surface area contributed by atoms with Crippen LogP contribution in [0.5, 0.6) is 0 Å². The van der Waals surface area contributed by atoms with Gasteiger partial charge in [0.2, 0.25) is 0 Å². The minimum atomic E-state index is 0.0797. The normalized spacial score (nSPS) is 10.0. The zero-order valence-electron chi connectivity index (χ0n) is 9.88. The summed E-state index contributed by atoms with van der Waals surface area (Å²) in [6.07, 6.45) is 0. The number of rotatable bonds is 4. The van der Waals surface area contributed by atoms with Gasteiger partial charge < -0.3 is 4.90 Å². The van der Waals surface area contributed by atoms with Gasteiger partial charge in [0.15, 0.2) is 5.78 Å². The molecule has 2 nitrogen and oxygen atoms in total. The van der Waals surface area contributed by atoms with Crippen LogP contribution in [0.3, 0.4) is 0 Å². The number of hydrogen-bond acceptors (Lipinski definition) is 2. The van der Waals surface area contributed by atoms with E-state index in [4.69, 9.17) is 0 Å². The van der Waals surface area contributed by atoms with Crippen molar-refractivity contribution in [3.63, 3.8) is 0 Å². The Bertz CT molecular complexity index is 426. The average Bonchev–Trinajstić information content (AvgIpc) is 2.15. The molecule has 0 bridgehead atoms. The van der Waals surface area contributed by atoms with Gasteiger partial charge in [0.05, 0.1) is 0 Å². The molecule has 0 atom stereocenters. The summed E-state index contributed by atoms with van der Waals surface area (Å²) in [4.78, 5) is 13.5. The van der Waals surface area contributed by atoms with E-state index in [-0.39, 0.29) is 5.78 Å².